The molecule has 21 heavy (non-hydrogen) atoms. The van der Waals surface area contributed by atoms with Gasteiger partial charge in [-0.25, -0.2) is 0 Å². The van der Waals surface area contributed by atoms with Crippen molar-refractivity contribution in [3.8, 4) is 0 Å². The van der Waals surface area contributed by atoms with Crippen LogP contribution in [0.2, 0.25) is 0 Å². The lowest BCUT2D eigenvalue weighted by Crippen LogP contribution is -2.45. The Morgan fingerprint density at radius 2 is 2.43 bits per heavy atom. The molecule has 1 aromatic heterocycles. The third-order valence-corrected chi connectivity index (χ3v) is 3.56. The van der Waals surface area contributed by atoms with E-state index in [9.17, 15) is 4.79 Å². The third-order valence-electron chi connectivity index (χ3n) is 3.56. The molecule has 0 aliphatic carbocycles. The number of carbonyl (C=O) groups excluding carboxylic acids is 1. The van der Waals surface area contributed by atoms with Crippen LogP contribution < -0.4 is 10.6 Å². The summed E-state index contributed by atoms with van der Waals surface area (Å²) in [5, 5.41) is 13.4. The molecule has 116 valence electrons. The molecule has 2 rings (SSSR count). The summed E-state index contributed by atoms with van der Waals surface area (Å²) in [7, 11) is 1.74. The minimum absolute atomic E-state index is 0.0570. The van der Waals surface area contributed by atoms with E-state index in [-0.39, 0.29) is 17.9 Å². The van der Waals surface area contributed by atoms with Crippen molar-refractivity contribution < 1.29 is 4.79 Å². The molecule has 1 fully saturated rings. The number of nitrogens with one attached hydrogen (secondary N) is 3. The van der Waals surface area contributed by atoms with Gasteiger partial charge in [-0.2, -0.15) is 5.10 Å². The van der Waals surface area contributed by atoms with E-state index in [1.165, 1.54) is 0 Å². The lowest BCUT2D eigenvalue weighted by molar-refractivity contribution is -0.133. The van der Waals surface area contributed by atoms with Gasteiger partial charge in [-0.05, 0) is 12.5 Å². The van der Waals surface area contributed by atoms with Gasteiger partial charge in [0.2, 0.25) is 5.91 Å². The highest BCUT2D eigenvalue weighted by Crippen LogP contribution is 2.12. The molecule has 3 N–H and O–H groups in total. The quantitative estimate of drug-likeness (QED) is 0.551. The number of aliphatic imine (C=N–C) groups is 1. The zero-order chi connectivity index (χ0) is 15.2. The van der Waals surface area contributed by atoms with Crippen LogP contribution in [0.5, 0.6) is 0 Å². The number of guanidine groups is 1. The molecule has 1 aliphatic heterocycles. The number of hydrogen-bond acceptors (Lipinski definition) is 3. The van der Waals surface area contributed by atoms with Gasteiger partial charge in [0.25, 0.3) is 0 Å². The van der Waals surface area contributed by atoms with E-state index >= 15 is 0 Å². The normalized spacial score (nSPS) is 19.1. The van der Waals surface area contributed by atoms with Crippen molar-refractivity contribution in [2.24, 2.45) is 10.9 Å². The largest absolute Gasteiger partial charge is 0.352 e. The molecule has 1 amide bonds. The number of H-pyrrole nitrogens is 1. The summed E-state index contributed by atoms with van der Waals surface area (Å²) in [5.41, 5.74) is 1.00. The number of rotatable bonds is 4. The molecule has 1 saturated heterocycles. The van der Waals surface area contributed by atoms with E-state index < -0.39 is 0 Å². The number of aromatic nitrogens is 2. The summed E-state index contributed by atoms with van der Waals surface area (Å²) in [6.07, 6.45) is 2.67. The highest BCUT2D eigenvalue weighted by atomic mass is 16.2. The fourth-order valence-electron chi connectivity index (χ4n) is 2.39. The first-order valence-electron chi connectivity index (χ1n) is 7.34. The Morgan fingerprint density at radius 1 is 1.62 bits per heavy atom. The monoisotopic (exact) mass is 292 g/mol. The molecule has 1 aromatic rings. The Morgan fingerprint density at radius 3 is 3.05 bits per heavy atom. The Hall–Kier alpha value is -2.05. The van der Waals surface area contributed by atoms with Gasteiger partial charge < -0.3 is 15.5 Å². The molecular weight excluding hydrogens is 268 g/mol. The van der Waals surface area contributed by atoms with Gasteiger partial charge >= 0.3 is 0 Å². The average molecular weight is 292 g/mol. The Bertz CT molecular complexity index is 482. The fraction of sp³-hybridized carbons (Fsp3) is 0.643. The van der Waals surface area contributed by atoms with E-state index in [0.29, 0.717) is 6.54 Å². The first kappa shape index (κ1) is 15.3. The molecule has 1 aliphatic rings. The maximum atomic E-state index is 12.0. The second-order valence-electron chi connectivity index (χ2n) is 5.58. The predicted molar refractivity (Wildman–Crippen MR) is 81.7 cm³/mol. The summed E-state index contributed by atoms with van der Waals surface area (Å²) >= 11 is 0. The maximum Gasteiger partial charge on any atom is 0.225 e. The molecule has 2 heterocycles. The van der Waals surface area contributed by atoms with Crippen molar-refractivity contribution in [1.29, 1.82) is 0 Å². The smallest absolute Gasteiger partial charge is 0.225 e. The van der Waals surface area contributed by atoms with E-state index in [1.54, 1.807) is 13.2 Å². The van der Waals surface area contributed by atoms with E-state index in [1.807, 2.05) is 24.8 Å². The number of amides is 1. The minimum atomic E-state index is 0.0570. The topological polar surface area (TPSA) is 85.4 Å². The summed E-state index contributed by atoms with van der Waals surface area (Å²) in [6, 6.07) is 2.17. The van der Waals surface area contributed by atoms with Crippen molar-refractivity contribution in [2.75, 3.05) is 20.1 Å². The first-order chi connectivity index (χ1) is 10.1. The number of aromatic amines is 1. The molecule has 7 nitrogen and oxygen atoms in total. The minimum Gasteiger partial charge on any atom is -0.352 e. The van der Waals surface area contributed by atoms with Gasteiger partial charge in [0.15, 0.2) is 5.96 Å². The van der Waals surface area contributed by atoms with Gasteiger partial charge in [-0.3, -0.25) is 14.9 Å². The van der Waals surface area contributed by atoms with Crippen LogP contribution in [0.1, 0.15) is 26.0 Å². The molecule has 0 saturated carbocycles. The zero-order valence-corrected chi connectivity index (χ0v) is 12.9. The Balaban J connectivity index is 1.79. The second kappa shape index (κ2) is 7.10. The Kier molecular flexibility index (Phi) is 5.19. The predicted octanol–water partition coefficient (Wildman–Crippen LogP) is 0.332. The van der Waals surface area contributed by atoms with E-state index in [4.69, 9.17) is 0 Å². The van der Waals surface area contributed by atoms with Gasteiger partial charge in [0.05, 0.1) is 12.2 Å². The Labute approximate surface area is 125 Å². The van der Waals surface area contributed by atoms with Gasteiger partial charge in [0, 0.05) is 38.3 Å². The van der Waals surface area contributed by atoms with Crippen LogP contribution in [-0.4, -0.2) is 53.1 Å². The molecular formula is C14H24N6O. The number of hydrogen-bond donors (Lipinski definition) is 3. The molecule has 0 bridgehead atoms. The number of carbonyl (C=O) groups is 1. The molecule has 0 spiro atoms. The first-order valence-corrected chi connectivity index (χ1v) is 7.34. The lowest BCUT2D eigenvalue weighted by atomic mass is 10.2. The molecule has 0 radical (unpaired) electrons. The summed E-state index contributed by atoms with van der Waals surface area (Å²) in [6.45, 7) is 6.07. The van der Waals surface area contributed by atoms with Crippen molar-refractivity contribution >= 4 is 11.9 Å². The SMILES string of the molecule is CN=C(NCc1ccn[nH]1)NC1CCN(C(=O)C(C)C)C1. The molecule has 7 heteroatoms. The molecule has 0 aromatic carbocycles. The van der Waals surface area contributed by atoms with Crippen molar-refractivity contribution in [1.82, 2.24) is 25.7 Å². The van der Waals surface area contributed by atoms with Gasteiger partial charge in [0.1, 0.15) is 0 Å². The average Bonchev–Trinajstić information content (AvgIpc) is 3.13. The molecule has 1 atom stereocenters. The van der Waals surface area contributed by atoms with Crippen LogP contribution >= 0.6 is 0 Å². The highest BCUT2D eigenvalue weighted by molar-refractivity contribution is 5.81. The van der Waals surface area contributed by atoms with Gasteiger partial charge in [-0.1, -0.05) is 13.8 Å². The standard InChI is InChI=1S/C14H24N6O/c1-10(2)13(21)20-7-5-12(9-20)18-14(15-3)16-8-11-4-6-17-19-11/h4,6,10,12H,5,7-9H2,1-3H3,(H,17,19)(H2,15,16,18). The van der Waals surface area contributed by atoms with Gasteiger partial charge in [-0.15, -0.1) is 0 Å². The third kappa shape index (κ3) is 4.21. The van der Waals surface area contributed by atoms with Crippen molar-refractivity contribution in [3.63, 3.8) is 0 Å². The highest BCUT2D eigenvalue weighted by Gasteiger charge is 2.27. The van der Waals surface area contributed by atoms with Crippen molar-refractivity contribution in [3.05, 3.63) is 18.0 Å². The zero-order valence-electron chi connectivity index (χ0n) is 12.9. The van der Waals surface area contributed by atoms with Crippen LogP contribution in [0.4, 0.5) is 0 Å². The fourth-order valence-corrected chi connectivity index (χ4v) is 2.39. The molecule has 1 unspecified atom stereocenters. The summed E-state index contributed by atoms with van der Waals surface area (Å²) in [5.74, 6) is 1.02. The van der Waals surface area contributed by atoms with Crippen molar-refractivity contribution in [2.45, 2.75) is 32.9 Å². The van der Waals surface area contributed by atoms with E-state index in [0.717, 1.165) is 31.2 Å². The van der Waals surface area contributed by atoms with Crippen LogP contribution in [0.25, 0.3) is 0 Å². The van der Waals surface area contributed by atoms with Crippen LogP contribution in [0.15, 0.2) is 17.3 Å². The second-order valence-corrected chi connectivity index (χ2v) is 5.58. The van der Waals surface area contributed by atoms with Crippen LogP contribution in [-0.2, 0) is 11.3 Å². The number of nitrogens with zero attached hydrogens (tertiary/aromatic N) is 3. The lowest BCUT2D eigenvalue weighted by Gasteiger charge is -2.20. The van der Waals surface area contributed by atoms with Crippen LogP contribution in [0, 0.1) is 5.92 Å². The van der Waals surface area contributed by atoms with E-state index in [2.05, 4.69) is 25.8 Å². The maximum absolute atomic E-state index is 12.0. The van der Waals surface area contributed by atoms with Crippen LogP contribution in [0.3, 0.4) is 0 Å². The summed E-state index contributed by atoms with van der Waals surface area (Å²) in [4.78, 5) is 18.1. The summed E-state index contributed by atoms with van der Waals surface area (Å²) < 4.78 is 0. The number of likely N-dealkylation sites (tertiary alicyclic amines) is 1.